The van der Waals surface area contributed by atoms with Crippen molar-refractivity contribution in [2.75, 3.05) is 31.7 Å². The Bertz CT molecular complexity index is 616. The highest BCUT2D eigenvalue weighted by molar-refractivity contribution is 9.10. The molecule has 21 heavy (non-hydrogen) atoms. The molecule has 2 rings (SSSR count). The molecule has 0 aliphatic rings. The van der Waals surface area contributed by atoms with Crippen molar-refractivity contribution in [3.63, 3.8) is 0 Å². The van der Waals surface area contributed by atoms with Gasteiger partial charge in [-0.05, 0) is 50.0 Å². The Morgan fingerprint density at radius 1 is 1.24 bits per heavy atom. The molecule has 1 unspecified atom stereocenters. The third-order valence-electron chi connectivity index (χ3n) is 3.36. The Hall–Kier alpha value is -1.59. The number of hydrogen-bond donors (Lipinski definition) is 2. The molecule has 0 heterocycles. The van der Waals surface area contributed by atoms with E-state index in [0.717, 1.165) is 15.7 Å². The van der Waals surface area contributed by atoms with Gasteiger partial charge in [0, 0.05) is 11.0 Å². The predicted molar refractivity (Wildman–Crippen MR) is 89.9 cm³/mol. The molecule has 0 aromatic heterocycles. The van der Waals surface area contributed by atoms with E-state index in [1.807, 2.05) is 38.4 Å². The van der Waals surface area contributed by atoms with Gasteiger partial charge < -0.3 is 16.0 Å². The fourth-order valence-electron chi connectivity index (χ4n) is 2.20. The standard InChI is InChI=1S/C16H19BrFN3/c1-21(2)16(11-4-3-5-13(18)8-11)10-20-15-9-12(17)6-7-14(15)19/h3-9,16,20H,10,19H2,1-2H3. The van der Waals surface area contributed by atoms with Gasteiger partial charge in [-0.1, -0.05) is 28.1 Å². The molecule has 0 saturated heterocycles. The summed E-state index contributed by atoms with van der Waals surface area (Å²) in [5, 5.41) is 3.33. The van der Waals surface area contributed by atoms with Gasteiger partial charge in [0.25, 0.3) is 0 Å². The first-order valence-electron chi connectivity index (χ1n) is 6.68. The molecule has 3 nitrogen and oxygen atoms in total. The Kier molecular flexibility index (Phi) is 5.20. The highest BCUT2D eigenvalue weighted by Crippen LogP contribution is 2.25. The van der Waals surface area contributed by atoms with Crippen LogP contribution < -0.4 is 11.1 Å². The van der Waals surface area contributed by atoms with Crippen LogP contribution in [0.25, 0.3) is 0 Å². The maximum Gasteiger partial charge on any atom is 0.123 e. The summed E-state index contributed by atoms with van der Waals surface area (Å²) in [7, 11) is 3.95. The number of anilines is 2. The Balaban J connectivity index is 2.16. The van der Waals surface area contributed by atoms with Gasteiger partial charge in [0.1, 0.15) is 5.82 Å². The second kappa shape index (κ2) is 6.91. The summed E-state index contributed by atoms with van der Waals surface area (Å²) in [6.45, 7) is 0.636. The number of likely N-dealkylation sites (N-methyl/N-ethyl adjacent to an activating group) is 1. The highest BCUT2D eigenvalue weighted by Gasteiger charge is 2.15. The van der Waals surface area contributed by atoms with Gasteiger partial charge in [-0.2, -0.15) is 0 Å². The summed E-state index contributed by atoms with van der Waals surface area (Å²) in [5.74, 6) is -0.221. The number of benzene rings is 2. The van der Waals surface area contributed by atoms with E-state index < -0.39 is 0 Å². The first-order valence-corrected chi connectivity index (χ1v) is 7.47. The van der Waals surface area contributed by atoms with E-state index in [0.29, 0.717) is 12.2 Å². The van der Waals surface area contributed by atoms with Crippen molar-refractivity contribution in [3.05, 3.63) is 58.3 Å². The number of rotatable bonds is 5. The molecule has 3 N–H and O–H groups in total. The predicted octanol–water partition coefficient (Wildman–Crippen LogP) is 3.89. The minimum atomic E-state index is -0.221. The third kappa shape index (κ3) is 4.19. The number of nitrogens with two attached hydrogens (primary N) is 1. The van der Waals surface area contributed by atoms with Crippen LogP contribution in [-0.2, 0) is 0 Å². The Morgan fingerprint density at radius 3 is 2.67 bits per heavy atom. The van der Waals surface area contributed by atoms with Crippen molar-refractivity contribution in [3.8, 4) is 0 Å². The van der Waals surface area contributed by atoms with Crippen LogP contribution in [-0.4, -0.2) is 25.5 Å². The van der Waals surface area contributed by atoms with Gasteiger partial charge >= 0.3 is 0 Å². The molecular weight excluding hydrogens is 333 g/mol. The van der Waals surface area contributed by atoms with Crippen LogP contribution in [0.5, 0.6) is 0 Å². The first kappa shape index (κ1) is 15.8. The molecule has 2 aromatic carbocycles. The van der Waals surface area contributed by atoms with Gasteiger partial charge in [0.2, 0.25) is 0 Å². The maximum absolute atomic E-state index is 13.4. The van der Waals surface area contributed by atoms with Crippen LogP contribution in [0.1, 0.15) is 11.6 Å². The molecule has 0 radical (unpaired) electrons. The SMILES string of the molecule is CN(C)C(CNc1cc(Br)ccc1N)c1cccc(F)c1. The molecule has 0 spiro atoms. The molecule has 0 bridgehead atoms. The molecule has 0 amide bonds. The average Bonchev–Trinajstić information content (AvgIpc) is 2.42. The summed E-state index contributed by atoms with van der Waals surface area (Å²) in [6, 6.07) is 12.4. The van der Waals surface area contributed by atoms with Crippen LogP contribution in [0.2, 0.25) is 0 Å². The number of nitrogens with zero attached hydrogens (tertiary/aromatic N) is 1. The molecule has 112 valence electrons. The fraction of sp³-hybridized carbons (Fsp3) is 0.250. The molecule has 1 atom stereocenters. The Labute approximate surface area is 133 Å². The molecular formula is C16H19BrFN3. The number of halogens is 2. The van der Waals surface area contributed by atoms with Crippen LogP contribution in [0, 0.1) is 5.82 Å². The smallest absolute Gasteiger partial charge is 0.123 e. The summed E-state index contributed by atoms with van der Waals surface area (Å²) in [4.78, 5) is 2.05. The average molecular weight is 352 g/mol. The van der Waals surface area contributed by atoms with E-state index >= 15 is 0 Å². The second-order valence-electron chi connectivity index (χ2n) is 5.15. The third-order valence-corrected chi connectivity index (χ3v) is 3.85. The molecule has 5 heteroatoms. The maximum atomic E-state index is 13.4. The molecule has 2 aromatic rings. The summed E-state index contributed by atoms with van der Waals surface area (Å²) < 4.78 is 14.4. The lowest BCUT2D eigenvalue weighted by Crippen LogP contribution is -2.27. The molecule has 0 saturated carbocycles. The quantitative estimate of drug-likeness (QED) is 0.803. The lowest BCUT2D eigenvalue weighted by molar-refractivity contribution is 0.311. The molecule has 0 fully saturated rings. The number of hydrogen-bond acceptors (Lipinski definition) is 3. The van der Waals surface area contributed by atoms with Crippen molar-refractivity contribution in [1.29, 1.82) is 0 Å². The van der Waals surface area contributed by atoms with E-state index in [9.17, 15) is 4.39 Å². The van der Waals surface area contributed by atoms with Crippen molar-refractivity contribution >= 4 is 27.3 Å². The lowest BCUT2D eigenvalue weighted by atomic mass is 10.1. The zero-order chi connectivity index (χ0) is 15.4. The van der Waals surface area contributed by atoms with Gasteiger partial charge in [0.15, 0.2) is 0 Å². The summed E-state index contributed by atoms with van der Waals surface area (Å²) in [6.07, 6.45) is 0. The van der Waals surface area contributed by atoms with E-state index in [1.54, 1.807) is 12.1 Å². The summed E-state index contributed by atoms with van der Waals surface area (Å²) in [5.41, 5.74) is 8.45. The monoisotopic (exact) mass is 351 g/mol. The largest absolute Gasteiger partial charge is 0.397 e. The van der Waals surface area contributed by atoms with Crippen molar-refractivity contribution in [2.45, 2.75) is 6.04 Å². The number of nitrogens with one attached hydrogen (secondary N) is 1. The van der Waals surface area contributed by atoms with E-state index in [-0.39, 0.29) is 11.9 Å². The van der Waals surface area contributed by atoms with E-state index in [4.69, 9.17) is 5.73 Å². The van der Waals surface area contributed by atoms with Gasteiger partial charge in [-0.3, -0.25) is 0 Å². The highest BCUT2D eigenvalue weighted by atomic mass is 79.9. The minimum absolute atomic E-state index is 0.0547. The van der Waals surface area contributed by atoms with Crippen molar-refractivity contribution in [2.24, 2.45) is 0 Å². The zero-order valence-electron chi connectivity index (χ0n) is 12.1. The van der Waals surface area contributed by atoms with Crippen LogP contribution in [0.4, 0.5) is 15.8 Å². The topological polar surface area (TPSA) is 41.3 Å². The van der Waals surface area contributed by atoms with Crippen molar-refractivity contribution in [1.82, 2.24) is 4.90 Å². The lowest BCUT2D eigenvalue weighted by Gasteiger charge is -2.26. The van der Waals surface area contributed by atoms with Crippen LogP contribution >= 0.6 is 15.9 Å². The molecule has 0 aliphatic carbocycles. The second-order valence-corrected chi connectivity index (χ2v) is 6.06. The zero-order valence-corrected chi connectivity index (χ0v) is 13.7. The van der Waals surface area contributed by atoms with E-state index in [2.05, 4.69) is 26.1 Å². The van der Waals surface area contributed by atoms with Gasteiger partial charge in [-0.25, -0.2) is 4.39 Å². The van der Waals surface area contributed by atoms with Gasteiger partial charge in [-0.15, -0.1) is 0 Å². The van der Waals surface area contributed by atoms with E-state index in [1.165, 1.54) is 6.07 Å². The summed E-state index contributed by atoms with van der Waals surface area (Å²) >= 11 is 3.43. The van der Waals surface area contributed by atoms with Crippen LogP contribution in [0.3, 0.4) is 0 Å². The van der Waals surface area contributed by atoms with Crippen LogP contribution in [0.15, 0.2) is 46.9 Å². The van der Waals surface area contributed by atoms with Gasteiger partial charge in [0.05, 0.1) is 17.4 Å². The molecule has 0 aliphatic heterocycles. The normalized spacial score (nSPS) is 12.4. The first-order chi connectivity index (χ1) is 9.97. The fourth-order valence-corrected chi connectivity index (χ4v) is 2.56. The Morgan fingerprint density at radius 2 is 2.00 bits per heavy atom. The number of nitrogen functional groups attached to an aromatic ring is 1. The van der Waals surface area contributed by atoms with Crippen molar-refractivity contribution < 1.29 is 4.39 Å². The minimum Gasteiger partial charge on any atom is -0.397 e.